The number of fused-ring (bicyclic) bond motifs is 3. The third-order valence-electron chi connectivity index (χ3n) is 4.58. The number of hydrogen-bond donors (Lipinski definition) is 2. The second-order valence-corrected chi connectivity index (χ2v) is 9.85. The van der Waals surface area contributed by atoms with Crippen LogP contribution in [0.5, 0.6) is 0 Å². The van der Waals surface area contributed by atoms with E-state index in [1.165, 1.54) is 35.2 Å². The third-order valence-corrected chi connectivity index (χ3v) is 6.82. The van der Waals surface area contributed by atoms with Crippen LogP contribution >= 0.6 is 39.0 Å². The van der Waals surface area contributed by atoms with E-state index in [1.54, 1.807) is 18.3 Å². The molecule has 32 heavy (non-hydrogen) atoms. The van der Waals surface area contributed by atoms with Gasteiger partial charge in [-0.05, 0) is 35.9 Å². The number of rotatable bonds is 6. The summed E-state index contributed by atoms with van der Waals surface area (Å²) in [5.74, 6) is -0.340. The van der Waals surface area contributed by atoms with Gasteiger partial charge in [0.15, 0.2) is 10.8 Å². The fourth-order valence-corrected chi connectivity index (χ4v) is 4.94. The smallest absolute Gasteiger partial charge is 0.236 e. The molecular formula is C21H14BrFN6OS2. The summed E-state index contributed by atoms with van der Waals surface area (Å²) in [6.45, 7) is 0. The van der Waals surface area contributed by atoms with Gasteiger partial charge in [-0.3, -0.25) is 4.79 Å². The van der Waals surface area contributed by atoms with E-state index in [9.17, 15) is 9.18 Å². The molecule has 0 aliphatic heterocycles. The maximum atomic E-state index is 13.0. The number of nitrogens with zero attached hydrogens (tertiary/aromatic N) is 4. The zero-order chi connectivity index (χ0) is 22.1. The molecule has 0 aliphatic rings. The molecule has 0 fully saturated rings. The molecule has 2 aromatic carbocycles. The van der Waals surface area contributed by atoms with Gasteiger partial charge < -0.3 is 10.3 Å². The fraction of sp³-hybridized carbons (Fsp3) is 0.0952. The quantitative estimate of drug-likeness (QED) is 0.294. The fourth-order valence-electron chi connectivity index (χ4n) is 3.13. The van der Waals surface area contributed by atoms with Crippen molar-refractivity contribution in [2.24, 2.45) is 0 Å². The first kappa shape index (κ1) is 21.0. The molecule has 11 heteroatoms. The lowest BCUT2D eigenvalue weighted by atomic mass is 10.1. The van der Waals surface area contributed by atoms with E-state index < -0.39 is 0 Å². The van der Waals surface area contributed by atoms with Crippen LogP contribution in [0.25, 0.3) is 22.1 Å². The maximum absolute atomic E-state index is 13.0. The summed E-state index contributed by atoms with van der Waals surface area (Å²) in [4.78, 5) is 25.3. The maximum Gasteiger partial charge on any atom is 0.236 e. The average molecular weight is 529 g/mol. The summed E-state index contributed by atoms with van der Waals surface area (Å²) >= 11 is 6.05. The molecule has 0 unspecified atom stereocenters. The van der Waals surface area contributed by atoms with Crippen molar-refractivity contribution < 1.29 is 9.18 Å². The predicted octanol–water partition coefficient (Wildman–Crippen LogP) is 5.19. The second kappa shape index (κ2) is 8.93. The number of anilines is 1. The van der Waals surface area contributed by atoms with Gasteiger partial charge in [0.1, 0.15) is 11.3 Å². The van der Waals surface area contributed by atoms with Crippen LogP contribution in [0.1, 0.15) is 10.4 Å². The Balaban J connectivity index is 1.20. The Morgan fingerprint density at radius 2 is 2.03 bits per heavy atom. The molecule has 3 heterocycles. The van der Waals surface area contributed by atoms with Crippen molar-refractivity contribution in [3.05, 3.63) is 69.4 Å². The van der Waals surface area contributed by atoms with Gasteiger partial charge in [0.25, 0.3) is 0 Å². The minimum Gasteiger partial charge on any atom is -0.338 e. The summed E-state index contributed by atoms with van der Waals surface area (Å²) < 4.78 is 14.0. The molecule has 0 bridgehead atoms. The van der Waals surface area contributed by atoms with Gasteiger partial charge in [-0.2, -0.15) is 0 Å². The molecule has 0 atom stereocenters. The Labute approximate surface area is 198 Å². The zero-order valence-corrected chi connectivity index (χ0v) is 19.5. The van der Waals surface area contributed by atoms with Crippen molar-refractivity contribution in [1.82, 2.24) is 25.1 Å². The monoisotopic (exact) mass is 528 g/mol. The highest BCUT2D eigenvalue weighted by Gasteiger charge is 2.12. The van der Waals surface area contributed by atoms with E-state index in [-0.39, 0.29) is 17.5 Å². The van der Waals surface area contributed by atoms with Crippen molar-refractivity contribution in [2.75, 3.05) is 11.1 Å². The van der Waals surface area contributed by atoms with Crippen LogP contribution in [-0.4, -0.2) is 36.8 Å². The van der Waals surface area contributed by atoms with E-state index in [0.29, 0.717) is 27.9 Å². The molecule has 0 saturated heterocycles. The lowest BCUT2D eigenvalue weighted by Crippen LogP contribution is -2.14. The van der Waals surface area contributed by atoms with Crippen LogP contribution in [0.4, 0.5) is 9.52 Å². The molecule has 0 spiro atoms. The number of nitrogens with one attached hydrogen (secondary N) is 2. The SMILES string of the molecule is O=C(CSc1nnc2c(n1)[nH]c1ccc(Br)cc12)Nc1ncc(Cc2ccc(F)cc2)s1. The first-order valence-electron chi connectivity index (χ1n) is 9.47. The van der Waals surface area contributed by atoms with Crippen molar-refractivity contribution in [3.8, 4) is 0 Å². The van der Waals surface area contributed by atoms with Crippen molar-refractivity contribution >= 4 is 72.1 Å². The first-order valence-corrected chi connectivity index (χ1v) is 12.1. The van der Waals surface area contributed by atoms with Crippen LogP contribution in [0, 0.1) is 5.82 Å². The van der Waals surface area contributed by atoms with Gasteiger partial charge in [0.2, 0.25) is 11.1 Å². The Bertz CT molecular complexity index is 1440. The number of thioether (sulfide) groups is 1. The number of benzene rings is 2. The van der Waals surface area contributed by atoms with E-state index >= 15 is 0 Å². The van der Waals surface area contributed by atoms with Crippen molar-refractivity contribution in [3.63, 3.8) is 0 Å². The Hall–Kier alpha value is -2.89. The van der Waals surface area contributed by atoms with Crippen LogP contribution in [0.3, 0.4) is 0 Å². The minimum absolute atomic E-state index is 0.131. The molecule has 7 nitrogen and oxygen atoms in total. The Kier molecular flexibility index (Phi) is 5.85. The number of carbonyl (C=O) groups excluding carboxylic acids is 1. The van der Waals surface area contributed by atoms with Crippen LogP contribution in [0.15, 0.2) is 58.3 Å². The molecular weight excluding hydrogens is 515 g/mol. The van der Waals surface area contributed by atoms with Gasteiger partial charge in [0.05, 0.1) is 5.75 Å². The molecule has 0 saturated carbocycles. The summed E-state index contributed by atoms with van der Waals surface area (Å²) in [7, 11) is 0. The third kappa shape index (κ3) is 4.64. The van der Waals surface area contributed by atoms with Gasteiger partial charge in [-0.15, -0.1) is 21.5 Å². The topological polar surface area (TPSA) is 96.5 Å². The van der Waals surface area contributed by atoms with Gasteiger partial charge >= 0.3 is 0 Å². The number of thiazole rings is 1. The Morgan fingerprint density at radius 3 is 2.88 bits per heavy atom. The highest BCUT2D eigenvalue weighted by molar-refractivity contribution is 9.10. The average Bonchev–Trinajstić information content (AvgIpc) is 3.37. The van der Waals surface area contributed by atoms with E-state index in [0.717, 1.165) is 25.8 Å². The van der Waals surface area contributed by atoms with Crippen molar-refractivity contribution in [2.45, 2.75) is 11.6 Å². The number of aromatic nitrogens is 5. The number of halogens is 2. The second-order valence-electron chi connectivity index (χ2n) is 6.88. The van der Waals surface area contributed by atoms with E-state index in [2.05, 4.69) is 46.4 Å². The van der Waals surface area contributed by atoms with Crippen LogP contribution < -0.4 is 5.32 Å². The van der Waals surface area contributed by atoms with Crippen LogP contribution in [0.2, 0.25) is 0 Å². The molecule has 3 aromatic heterocycles. The first-order chi connectivity index (χ1) is 15.5. The predicted molar refractivity (Wildman–Crippen MR) is 128 cm³/mol. The molecule has 0 aliphatic carbocycles. The van der Waals surface area contributed by atoms with E-state index in [1.807, 2.05) is 18.2 Å². The summed E-state index contributed by atoms with van der Waals surface area (Å²) in [6, 6.07) is 12.2. The summed E-state index contributed by atoms with van der Waals surface area (Å²) in [5, 5.41) is 13.1. The Morgan fingerprint density at radius 1 is 1.19 bits per heavy atom. The zero-order valence-electron chi connectivity index (χ0n) is 16.3. The highest BCUT2D eigenvalue weighted by atomic mass is 79.9. The molecule has 0 radical (unpaired) electrons. The number of H-pyrrole nitrogens is 1. The van der Waals surface area contributed by atoms with E-state index in [4.69, 9.17) is 0 Å². The summed E-state index contributed by atoms with van der Waals surface area (Å²) in [5.41, 5.74) is 3.21. The number of aromatic amines is 1. The lowest BCUT2D eigenvalue weighted by Gasteiger charge is -2.01. The lowest BCUT2D eigenvalue weighted by molar-refractivity contribution is -0.113. The van der Waals surface area contributed by atoms with Crippen molar-refractivity contribution in [1.29, 1.82) is 0 Å². The number of hydrogen-bond acceptors (Lipinski definition) is 7. The van der Waals surface area contributed by atoms with Gasteiger partial charge in [0, 0.05) is 32.9 Å². The molecule has 1 amide bonds. The molecule has 2 N–H and O–H groups in total. The number of amides is 1. The van der Waals surface area contributed by atoms with Gasteiger partial charge in [-0.1, -0.05) is 39.8 Å². The minimum atomic E-state index is -0.264. The molecule has 5 rings (SSSR count). The largest absolute Gasteiger partial charge is 0.338 e. The number of carbonyl (C=O) groups is 1. The van der Waals surface area contributed by atoms with Crippen LogP contribution in [-0.2, 0) is 11.2 Å². The standard InChI is InChI=1S/C21H14BrFN6OS2/c22-12-3-6-16-15(8-12)18-19(25-16)27-21(29-28-18)31-10-17(30)26-20-24-9-14(32-20)7-11-1-4-13(23)5-2-11/h1-6,8-9H,7,10H2,(H,24,26,30)(H,25,27,29). The van der Waals surface area contributed by atoms with Gasteiger partial charge in [-0.25, -0.2) is 14.4 Å². The normalized spacial score (nSPS) is 11.3. The highest BCUT2D eigenvalue weighted by Crippen LogP contribution is 2.27. The molecule has 160 valence electrons. The summed E-state index contributed by atoms with van der Waals surface area (Å²) in [6.07, 6.45) is 2.34. The molecule has 5 aromatic rings.